The standard InChI is InChI=1S/C11H20N2O5S/c1-7(2)5-9(10(14)15)13-11(16)12-8-3-4-19(17,18)6-8/h7-9H,3-6H2,1-2H3,(H,14,15)(H2,12,13,16)/t8-,9+/m1/s1. The Bertz CT molecular complexity index is 446. The van der Waals surface area contributed by atoms with Gasteiger partial charge in [-0.2, -0.15) is 0 Å². The van der Waals surface area contributed by atoms with Crippen molar-refractivity contribution in [1.82, 2.24) is 10.6 Å². The van der Waals surface area contributed by atoms with Crippen molar-refractivity contribution in [1.29, 1.82) is 0 Å². The van der Waals surface area contributed by atoms with Crippen LogP contribution in [-0.2, 0) is 14.6 Å². The minimum absolute atomic E-state index is 0.0618. The largest absolute Gasteiger partial charge is 0.480 e. The van der Waals surface area contributed by atoms with Crippen LogP contribution in [0, 0.1) is 5.92 Å². The molecule has 2 atom stereocenters. The summed E-state index contributed by atoms with van der Waals surface area (Å²) in [5.74, 6) is -0.981. The molecular weight excluding hydrogens is 272 g/mol. The quantitative estimate of drug-likeness (QED) is 0.659. The van der Waals surface area contributed by atoms with Crippen LogP contribution in [0.2, 0.25) is 0 Å². The van der Waals surface area contributed by atoms with Crippen LogP contribution in [0.4, 0.5) is 4.79 Å². The second kappa shape index (κ2) is 6.23. The summed E-state index contributed by atoms with van der Waals surface area (Å²) in [4.78, 5) is 22.6. The van der Waals surface area contributed by atoms with Crippen molar-refractivity contribution in [3.8, 4) is 0 Å². The molecule has 0 aromatic rings. The average Bonchev–Trinajstić information content (AvgIpc) is 2.56. The Balaban J connectivity index is 2.47. The van der Waals surface area contributed by atoms with Crippen molar-refractivity contribution in [2.45, 2.75) is 38.8 Å². The fraction of sp³-hybridized carbons (Fsp3) is 0.818. The topological polar surface area (TPSA) is 113 Å². The van der Waals surface area contributed by atoms with Gasteiger partial charge in [-0.05, 0) is 18.8 Å². The van der Waals surface area contributed by atoms with Gasteiger partial charge in [0.25, 0.3) is 0 Å². The third-order valence-corrected chi connectivity index (χ3v) is 4.65. The van der Waals surface area contributed by atoms with Crippen LogP contribution in [0.1, 0.15) is 26.7 Å². The lowest BCUT2D eigenvalue weighted by atomic mass is 10.0. The summed E-state index contributed by atoms with van der Waals surface area (Å²) in [6, 6.07) is -2.02. The summed E-state index contributed by atoms with van der Waals surface area (Å²) in [5, 5.41) is 13.8. The van der Waals surface area contributed by atoms with Crippen molar-refractivity contribution in [3.63, 3.8) is 0 Å². The predicted octanol–water partition coefficient (Wildman–Crippen LogP) is -0.0280. The van der Waals surface area contributed by atoms with E-state index in [-0.39, 0.29) is 17.4 Å². The first-order valence-corrected chi connectivity index (χ1v) is 8.02. The highest BCUT2D eigenvalue weighted by molar-refractivity contribution is 7.91. The molecule has 0 aromatic carbocycles. The lowest BCUT2D eigenvalue weighted by Gasteiger charge is -2.18. The van der Waals surface area contributed by atoms with Crippen LogP contribution in [0.15, 0.2) is 0 Å². The number of nitrogens with one attached hydrogen (secondary N) is 2. The average molecular weight is 292 g/mol. The Hall–Kier alpha value is -1.31. The molecule has 7 nitrogen and oxygen atoms in total. The van der Waals surface area contributed by atoms with E-state index < -0.39 is 33.9 Å². The molecule has 1 rings (SSSR count). The molecule has 0 spiro atoms. The highest BCUT2D eigenvalue weighted by atomic mass is 32.2. The number of sulfone groups is 1. The van der Waals surface area contributed by atoms with Gasteiger partial charge in [0, 0.05) is 6.04 Å². The summed E-state index contributed by atoms with van der Waals surface area (Å²) in [7, 11) is -3.06. The maximum absolute atomic E-state index is 11.6. The molecule has 1 fully saturated rings. The molecule has 8 heteroatoms. The van der Waals surface area contributed by atoms with Crippen LogP contribution in [0.3, 0.4) is 0 Å². The molecule has 0 radical (unpaired) electrons. The van der Waals surface area contributed by atoms with E-state index in [4.69, 9.17) is 5.11 Å². The minimum atomic E-state index is -3.06. The van der Waals surface area contributed by atoms with Crippen LogP contribution >= 0.6 is 0 Å². The molecular formula is C11H20N2O5S. The number of aliphatic carboxylic acids is 1. The zero-order valence-corrected chi connectivity index (χ0v) is 11.9. The normalized spacial score (nSPS) is 23.0. The Morgan fingerprint density at radius 3 is 2.42 bits per heavy atom. The first kappa shape index (κ1) is 15.7. The molecule has 0 saturated carbocycles. The molecule has 0 aliphatic carbocycles. The first-order valence-electron chi connectivity index (χ1n) is 6.20. The number of carbonyl (C=O) groups excluding carboxylic acids is 1. The Morgan fingerprint density at radius 1 is 1.37 bits per heavy atom. The molecule has 3 N–H and O–H groups in total. The maximum atomic E-state index is 11.6. The maximum Gasteiger partial charge on any atom is 0.326 e. The van der Waals surface area contributed by atoms with Gasteiger partial charge in [-0.1, -0.05) is 13.8 Å². The lowest BCUT2D eigenvalue weighted by molar-refractivity contribution is -0.139. The molecule has 110 valence electrons. The van der Waals surface area contributed by atoms with E-state index in [0.29, 0.717) is 12.8 Å². The van der Waals surface area contributed by atoms with E-state index in [0.717, 1.165) is 0 Å². The predicted molar refractivity (Wildman–Crippen MR) is 69.6 cm³/mol. The second-order valence-electron chi connectivity index (χ2n) is 5.24. The number of amides is 2. The third kappa shape index (κ3) is 5.46. The molecule has 1 heterocycles. The van der Waals surface area contributed by atoms with Gasteiger partial charge in [0.15, 0.2) is 9.84 Å². The number of carboxylic acids is 1. The van der Waals surface area contributed by atoms with Gasteiger partial charge < -0.3 is 15.7 Å². The number of urea groups is 1. The summed E-state index contributed by atoms with van der Waals surface area (Å²) in [6.45, 7) is 3.72. The smallest absolute Gasteiger partial charge is 0.326 e. The van der Waals surface area contributed by atoms with Crippen molar-refractivity contribution >= 4 is 21.8 Å². The third-order valence-electron chi connectivity index (χ3n) is 2.88. The molecule has 19 heavy (non-hydrogen) atoms. The second-order valence-corrected chi connectivity index (χ2v) is 7.47. The van der Waals surface area contributed by atoms with E-state index in [9.17, 15) is 18.0 Å². The first-order chi connectivity index (χ1) is 8.69. The van der Waals surface area contributed by atoms with Gasteiger partial charge in [-0.25, -0.2) is 18.0 Å². The van der Waals surface area contributed by atoms with Crippen LogP contribution in [-0.4, -0.2) is 49.1 Å². The minimum Gasteiger partial charge on any atom is -0.480 e. The van der Waals surface area contributed by atoms with E-state index in [2.05, 4.69) is 10.6 Å². The molecule has 1 aliphatic rings. The fourth-order valence-electron chi connectivity index (χ4n) is 1.99. The van der Waals surface area contributed by atoms with Gasteiger partial charge in [0.2, 0.25) is 0 Å². The van der Waals surface area contributed by atoms with Crippen LogP contribution < -0.4 is 10.6 Å². The monoisotopic (exact) mass is 292 g/mol. The lowest BCUT2D eigenvalue weighted by Crippen LogP contribution is -2.49. The molecule has 0 bridgehead atoms. The Kier molecular flexibility index (Phi) is 5.16. The number of hydrogen-bond acceptors (Lipinski definition) is 4. The molecule has 0 aromatic heterocycles. The molecule has 2 amide bonds. The Labute approximate surface area is 112 Å². The number of carbonyl (C=O) groups is 2. The van der Waals surface area contributed by atoms with Crippen LogP contribution in [0.5, 0.6) is 0 Å². The molecule has 0 unspecified atom stereocenters. The van der Waals surface area contributed by atoms with E-state index in [1.807, 2.05) is 13.8 Å². The van der Waals surface area contributed by atoms with E-state index >= 15 is 0 Å². The van der Waals surface area contributed by atoms with E-state index in [1.54, 1.807) is 0 Å². The molecule has 1 saturated heterocycles. The highest BCUT2D eigenvalue weighted by Crippen LogP contribution is 2.11. The number of hydrogen-bond donors (Lipinski definition) is 3. The zero-order valence-electron chi connectivity index (χ0n) is 11.0. The zero-order chi connectivity index (χ0) is 14.6. The van der Waals surface area contributed by atoms with Crippen molar-refractivity contribution in [3.05, 3.63) is 0 Å². The summed E-state index contributed by atoms with van der Waals surface area (Å²) < 4.78 is 22.5. The number of rotatable bonds is 5. The molecule has 1 aliphatic heterocycles. The van der Waals surface area contributed by atoms with Crippen molar-refractivity contribution < 1.29 is 23.1 Å². The SMILES string of the molecule is CC(C)C[C@H](NC(=O)N[C@@H]1CCS(=O)(=O)C1)C(=O)O. The van der Waals surface area contributed by atoms with Crippen molar-refractivity contribution in [2.24, 2.45) is 5.92 Å². The van der Waals surface area contributed by atoms with Crippen molar-refractivity contribution in [2.75, 3.05) is 11.5 Å². The number of carboxylic acid groups (broad SMARTS) is 1. The van der Waals surface area contributed by atoms with Gasteiger partial charge in [-0.3, -0.25) is 0 Å². The Morgan fingerprint density at radius 2 is 2.00 bits per heavy atom. The van der Waals surface area contributed by atoms with Gasteiger partial charge in [0.1, 0.15) is 6.04 Å². The van der Waals surface area contributed by atoms with Gasteiger partial charge in [-0.15, -0.1) is 0 Å². The summed E-state index contributed by atoms with van der Waals surface area (Å²) >= 11 is 0. The fourth-order valence-corrected chi connectivity index (χ4v) is 3.66. The van der Waals surface area contributed by atoms with Gasteiger partial charge in [0.05, 0.1) is 11.5 Å². The van der Waals surface area contributed by atoms with Gasteiger partial charge >= 0.3 is 12.0 Å². The van der Waals surface area contributed by atoms with Crippen LogP contribution in [0.25, 0.3) is 0 Å². The summed E-state index contributed by atoms with van der Waals surface area (Å²) in [6.07, 6.45) is 0.698. The summed E-state index contributed by atoms with van der Waals surface area (Å²) in [5.41, 5.74) is 0. The highest BCUT2D eigenvalue weighted by Gasteiger charge is 2.30. The van der Waals surface area contributed by atoms with E-state index in [1.165, 1.54) is 0 Å².